The fraction of sp³-hybridized carbons (Fsp3) is 0.143. The Morgan fingerprint density at radius 2 is 1.86 bits per heavy atom. The molecule has 1 heterocycles. The second-order valence-corrected chi connectivity index (χ2v) is 6.34. The van der Waals surface area contributed by atoms with Gasteiger partial charge >= 0.3 is 5.97 Å². The van der Waals surface area contributed by atoms with Crippen molar-refractivity contribution < 1.29 is 23.5 Å². The Morgan fingerprint density at radius 3 is 2.57 bits per heavy atom. The van der Waals surface area contributed by atoms with Crippen molar-refractivity contribution in [2.75, 3.05) is 18.5 Å². The van der Waals surface area contributed by atoms with E-state index >= 15 is 0 Å². The maximum absolute atomic E-state index is 12.3. The van der Waals surface area contributed by atoms with E-state index in [-0.39, 0.29) is 19.0 Å². The standard InChI is InChI=1S/C21H18ClNO5/c1-14-4-5-15(13-18(14)23-20(24)19-3-2-10-27-19)21(25)28-12-11-26-17-8-6-16(22)7-9-17/h2-10,13H,11-12H2,1H3,(H,23,24). The molecule has 0 aliphatic rings. The van der Waals surface area contributed by atoms with Crippen LogP contribution < -0.4 is 10.1 Å². The summed E-state index contributed by atoms with van der Waals surface area (Å²) in [6, 6.07) is 15.0. The fourth-order valence-electron chi connectivity index (χ4n) is 2.38. The summed E-state index contributed by atoms with van der Waals surface area (Å²) < 4.78 is 15.8. The smallest absolute Gasteiger partial charge is 0.338 e. The predicted molar refractivity (Wildman–Crippen MR) is 105 cm³/mol. The number of benzene rings is 2. The molecule has 1 aromatic heterocycles. The number of ether oxygens (including phenoxy) is 2. The van der Waals surface area contributed by atoms with Gasteiger partial charge in [0.2, 0.25) is 0 Å². The van der Waals surface area contributed by atoms with E-state index in [1.54, 1.807) is 54.6 Å². The molecule has 2 aromatic carbocycles. The van der Waals surface area contributed by atoms with Crippen LogP contribution in [-0.4, -0.2) is 25.1 Å². The highest BCUT2D eigenvalue weighted by molar-refractivity contribution is 6.30. The molecule has 0 aliphatic heterocycles. The maximum atomic E-state index is 12.3. The minimum Gasteiger partial charge on any atom is -0.490 e. The molecule has 0 bridgehead atoms. The number of carbonyl (C=O) groups is 2. The zero-order chi connectivity index (χ0) is 19.9. The topological polar surface area (TPSA) is 77.8 Å². The van der Waals surface area contributed by atoms with E-state index in [0.717, 1.165) is 5.56 Å². The van der Waals surface area contributed by atoms with E-state index < -0.39 is 11.9 Å². The number of furan rings is 1. The molecule has 3 aromatic rings. The molecule has 3 rings (SSSR count). The SMILES string of the molecule is Cc1ccc(C(=O)OCCOc2ccc(Cl)cc2)cc1NC(=O)c1ccco1. The number of nitrogens with one attached hydrogen (secondary N) is 1. The molecule has 7 heteroatoms. The molecule has 0 saturated carbocycles. The van der Waals surface area contributed by atoms with Crippen molar-refractivity contribution in [1.82, 2.24) is 0 Å². The van der Waals surface area contributed by atoms with E-state index in [0.29, 0.717) is 22.0 Å². The summed E-state index contributed by atoms with van der Waals surface area (Å²) in [4.78, 5) is 24.4. The van der Waals surface area contributed by atoms with Crippen LogP contribution in [-0.2, 0) is 4.74 Å². The lowest BCUT2D eigenvalue weighted by Gasteiger charge is -2.10. The van der Waals surface area contributed by atoms with Crippen molar-refractivity contribution in [2.24, 2.45) is 0 Å². The van der Waals surface area contributed by atoms with Crippen LogP contribution in [0.15, 0.2) is 65.3 Å². The third kappa shape index (κ3) is 5.14. The number of carbonyl (C=O) groups excluding carboxylic acids is 2. The highest BCUT2D eigenvalue weighted by Gasteiger charge is 2.13. The summed E-state index contributed by atoms with van der Waals surface area (Å²) in [5.41, 5.74) is 1.64. The van der Waals surface area contributed by atoms with Crippen molar-refractivity contribution in [2.45, 2.75) is 6.92 Å². The zero-order valence-corrected chi connectivity index (χ0v) is 15.9. The van der Waals surface area contributed by atoms with Crippen LogP contribution in [0.1, 0.15) is 26.5 Å². The number of rotatable bonds is 7. The van der Waals surface area contributed by atoms with Gasteiger partial charge in [-0.15, -0.1) is 0 Å². The van der Waals surface area contributed by atoms with Gasteiger partial charge in [-0.1, -0.05) is 17.7 Å². The van der Waals surface area contributed by atoms with Gasteiger partial charge in [-0.25, -0.2) is 4.79 Å². The van der Waals surface area contributed by atoms with Gasteiger partial charge in [0.15, 0.2) is 5.76 Å². The summed E-state index contributed by atoms with van der Waals surface area (Å²) in [7, 11) is 0. The van der Waals surface area contributed by atoms with E-state index in [1.807, 2.05) is 6.92 Å². The largest absolute Gasteiger partial charge is 0.490 e. The van der Waals surface area contributed by atoms with Gasteiger partial charge in [-0.2, -0.15) is 0 Å². The molecule has 0 spiro atoms. The molecule has 0 fully saturated rings. The monoisotopic (exact) mass is 399 g/mol. The second-order valence-electron chi connectivity index (χ2n) is 5.90. The van der Waals surface area contributed by atoms with E-state index in [9.17, 15) is 9.59 Å². The molecule has 144 valence electrons. The lowest BCUT2D eigenvalue weighted by molar-refractivity contribution is 0.0450. The minimum absolute atomic E-state index is 0.0867. The third-order valence-electron chi connectivity index (χ3n) is 3.87. The Morgan fingerprint density at radius 1 is 1.07 bits per heavy atom. The first-order valence-electron chi connectivity index (χ1n) is 8.54. The Balaban J connectivity index is 1.54. The molecule has 6 nitrogen and oxygen atoms in total. The predicted octanol–water partition coefficient (Wildman–Crippen LogP) is 4.73. The number of halogens is 1. The Bertz CT molecular complexity index is 951. The summed E-state index contributed by atoms with van der Waals surface area (Å²) in [5, 5.41) is 3.34. The molecule has 0 saturated heterocycles. The first-order chi connectivity index (χ1) is 13.5. The van der Waals surface area contributed by atoms with Gasteiger partial charge in [-0.05, 0) is 61.0 Å². The quantitative estimate of drug-likeness (QED) is 0.459. The number of hydrogen-bond acceptors (Lipinski definition) is 5. The summed E-state index contributed by atoms with van der Waals surface area (Å²) in [6.07, 6.45) is 1.42. The van der Waals surface area contributed by atoms with Gasteiger partial charge in [0.25, 0.3) is 5.91 Å². The van der Waals surface area contributed by atoms with Gasteiger partial charge in [0.1, 0.15) is 19.0 Å². The van der Waals surface area contributed by atoms with Crippen LogP contribution in [0.25, 0.3) is 0 Å². The highest BCUT2D eigenvalue weighted by Crippen LogP contribution is 2.19. The van der Waals surface area contributed by atoms with Gasteiger partial charge in [0.05, 0.1) is 11.8 Å². The Kier molecular flexibility index (Phi) is 6.34. The van der Waals surface area contributed by atoms with Crippen LogP contribution in [0.3, 0.4) is 0 Å². The van der Waals surface area contributed by atoms with Crippen LogP contribution in [0.5, 0.6) is 5.75 Å². The van der Waals surface area contributed by atoms with Crippen molar-refractivity contribution in [3.05, 3.63) is 82.8 Å². The Labute approximate surface area is 167 Å². The average molecular weight is 400 g/mol. The molecule has 0 unspecified atom stereocenters. The zero-order valence-electron chi connectivity index (χ0n) is 15.1. The van der Waals surface area contributed by atoms with E-state index in [4.69, 9.17) is 25.5 Å². The van der Waals surface area contributed by atoms with Crippen LogP contribution in [0.4, 0.5) is 5.69 Å². The van der Waals surface area contributed by atoms with E-state index in [2.05, 4.69) is 5.32 Å². The van der Waals surface area contributed by atoms with Crippen LogP contribution >= 0.6 is 11.6 Å². The number of amides is 1. The molecule has 0 radical (unpaired) electrons. The normalized spacial score (nSPS) is 10.4. The van der Waals surface area contributed by atoms with Crippen molar-refractivity contribution >= 4 is 29.2 Å². The number of esters is 1. The fourth-order valence-corrected chi connectivity index (χ4v) is 2.51. The molecule has 0 atom stereocenters. The van der Waals surface area contributed by atoms with Crippen molar-refractivity contribution in [3.63, 3.8) is 0 Å². The summed E-state index contributed by atoms with van der Waals surface area (Å²) in [5.74, 6) is -0.0753. The molecular formula is C21H18ClNO5. The number of hydrogen-bond donors (Lipinski definition) is 1. The molecular weight excluding hydrogens is 382 g/mol. The summed E-state index contributed by atoms with van der Waals surface area (Å²) >= 11 is 5.81. The van der Waals surface area contributed by atoms with Gasteiger partial charge in [-0.3, -0.25) is 4.79 Å². The number of aryl methyl sites for hydroxylation is 1. The molecule has 1 amide bonds. The lowest BCUT2D eigenvalue weighted by atomic mass is 10.1. The van der Waals surface area contributed by atoms with Crippen molar-refractivity contribution in [1.29, 1.82) is 0 Å². The lowest BCUT2D eigenvalue weighted by Crippen LogP contribution is -2.14. The van der Waals surface area contributed by atoms with Gasteiger partial charge < -0.3 is 19.2 Å². The van der Waals surface area contributed by atoms with Crippen LogP contribution in [0, 0.1) is 6.92 Å². The highest BCUT2D eigenvalue weighted by atomic mass is 35.5. The second kappa shape index (κ2) is 9.10. The first-order valence-corrected chi connectivity index (χ1v) is 8.92. The average Bonchev–Trinajstić information content (AvgIpc) is 3.23. The molecule has 28 heavy (non-hydrogen) atoms. The minimum atomic E-state index is -0.506. The van der Waals surface area contributed by atoms with Gasteiger partial charge in [0, 0.05) is 10.7 Å². The van der Waals surface area contributed by atoms with Crippen molar-refractivity contribution in [3.8, 4) is 5.75 Å². The Hall–Kier alpha value is -3.25. The first kappa shape index (κ1) is 19.5. The van der Waals surface area contributed by atoms with Crippen LogP contribution in [0.2, 0.25) is 5.02 Å². The maximum Gasteiger partial charge on any atom is 0.338 e. The molecule has 1 N–H and O–H groups in total. The third-order valence-corrected chi connectivity index (χ3v) is 4.12. The summed E-state index contributed by atoms with van der Waals surface area (Å²) in [6.45, 7) is 2.12. The van der Waals surface area contributed by atoms with E-state index in [1.165, 1.54) is 6.26 Å². The molecule has 0 aliphatic carbocycles. The number of anilines is 1.